The molecule has 4 N–H and O–H groups in total. The predicted molar refractivity (Wildman–Crippen MR) is 193 cm³/mol. The molecule has 0 aliphatic carbocycles. The Morgan fingerprint density at radius 2 is 1.09 bits per heavy atom. The minimum atomic E-state index is -2.73. The monoisotopic (exact) mass is 704 g/mol. The predicted octanol–water partition coefficient (Wildman–Crippen LogP) is 4.98. The van der Waals surface area contributed by atoms with E-state index < -0.39 is 51.1 Å². The maximum atomic E-state index is 13.4. The molecule has 0 aromatic heterocycles. The number of carboxylic acids is 2. The fraction of sp³-hybridized carbons (Fsp3) is 0.500. The smallest absolute Gasteiger partial charge is 0.336 e. The van der Waals surface area contributed by atoms with Crippen LogP contribution in [0.3, 0.4) is 0 Å². The normalized spacial score (nSPS) is 12.6. The van der Waals surface area contributed by atoms with Gasteiger partial charge in [0.2, 0.25) is 16.6 Å². The Morgan fingerprint density at radius 3 is 1.52 bits per heavy atom. The average molecular weight is 705 g/mol. The molecule has 0 saturated heterocycles. The number of amides is 1. The molecule has 254 valence electrons. The van der Waals surface area contributed by atoms with E-state index in [2.05, 4.69) is 36.8 Å². The van der Waals surface area contributed by atoms with Gasteiger partial charge >= 0.3 is 11.9 Å². The van der Waals surface area contributed by atoms with E-state index in [1.165, 1.54) is 19.1 Å². The average Bonchev–Trinajstić information content (AvgIpc) is 2.93. The molecular weight excluding hydrogens is 653 g/mol. The zero-order chi connectivity index (χ0) is 35.1. The van der Waals surface area contributed by atoms with Gasteiger partial charge in [-0.15, -0.1) is 0 Å². The summed E-state index contributed by atoms with van der Waals surface area (Å²) in [5, 5.41) is 27.0. The molecule has 2 rings (SSSR count). The van der Waals surface area contributed by atoms with Gasteiger partial charge in [0.25, 0.3) is 5.91 Å². The molecule has 2 aromatic rings. The Bertz CT molecular complexity index is 1440. The van der Waals surface area contributed by atoms with E-state index in [0.717, 1.165) is 41.8 Å². The van der Waals surface area contributed by atoms with Gasteiger partial charge < -0.3 is 29.1 Å². The number of hydrogen-bond donors (Lipinski definition) is 4. The Morgan fingerprint density at radius 1 is 0.652 bits per heavy atom. The molecule has 0 radical (unpaired) electrons. The molecular formula is C32H52N2O8Si4. The van der Waals surface area contributed by atoms with Gasteiger partial charge in [-0.05, 0) is 132 Å². The molecule has 10 nitrogen and oxygen atoms in total. The molecule has 0 bridgehead atoms. The van der Waals surface area contributed by atoms with E-state index in [-0.39, 0.29) is 28.0 Å². The number of carbonyl (C=O) groups excluding carboxylic acids is 2. The number of aromatic carboxylic acids is 2. The van der Waals surface area contributed by atoms with Crippen molar-refractivity contribution in [1.29, 1.82) is 0 Å². The molecule has 0 aliphatic heterocycles. The third-order valence-electron chi connectivity index (χ3n) is 8.02. The first kappa shape index (κ1) is 39.4. The highest BCUT2D eigenvalue weighted by molar-refractivity contribution is 6.97. The Labute approximate surface area is 277 Å². The maximum Gasteiger partial charge on any atom is 0.336 e. The quantitative estimate of drug-likeness (QED) is 0.0957. The highest BCUT2D eigenvalue weighted by Gasteiger charge is 2.38. The largest absolute Gasteiger partial charge is 0.478 e. The number of Topliss-reactive ketones (excluding diaryl/α,β-unsaturated/α-hetero) is 1. The first-order chi connectivity index (χ1) is 21.1. The van der Waals surface area contributed by atoms with E-state index in [0.29, 0.717) is 6.54 Å². The van der Waals surface area contributed by atoms with Crippen molar-refractivity contribution in [2.24, 2.45) is 0 Å². The summed E-state index contributed by atoms with van der Waals surface area (Å²) in [6.07, 6.45) is 1.83. The number of nitrogens with one attached hydrogen (secondary N) is 2. The number of hydrogen-bond acceptors (Lipinski definition) is 7. The second-order valence-corrected chi connectivity index (χ2v) is 30.9. The van der Waals surface area contributed by atoms with Crippen molar-refractivity contribution in [3.8, 4) is 0 Å². The van der Waals surface area contributed by atoms with Crippen LogP contribution in [0.15, 0.2) is 36.4 Å². The van der Waals surface area contributed by atoms with Crippen molar-refractivity contribution in [1.82, 2.24) is 10.6 Å². The second kappa shape index (κ2) is 15.9. The fourth-order valence-corrected chi connectivity index (χ4v) is 22.7. The second-order valence-electron chi connectivity index (χ2n) is 14.0. The minimum absolute atomic E-state index is 0.0539. The van der Waals surface area contributed by atoms with Crippen molar-refractivity contribution in [3.05, 3.63) is 58.7 Å². The molecule has 0 heterocycles. The van der Waals surface area contributed by atoms with Crippen LogP contribution in [0, 0.1) is 0 Å². The third-order valence-corrected chi connectivity index (χ3v) is 23.0. The number of ketones is 1. The van der Waals surface area contributed by atoms with Crippen LogP contribution in [0.4, 0.5) is 0 Å². The third kappa shape index (κ3) is 11.2. The number of carbonyl (C=O) groups is 4. The van der Waals surface area contributed by atoms with Gasteiger partial charge in [0.1, 0.15) is 0 Å². The van der Waals surface area contributed by atoms with Crippen LogP contribution in [0.5, 0.6) is 0 Å². The molecule has 0 atom stereocenters. The van der Waals surface area contributed by atoms with Crippen molar-refractivity contribution in [2.45, 2.75) is 84.2 Å². The lowest BCUT2D eigenvalue weighted by Crippen LogP contribution is -2.58. The van der Waals surface area contributed by atoms with Crippen molar-refractivity contribution in [2.75, 3.05) is 20.1 Å². The van der Waals surface area contributed by atoms with E-state index >= 15 is 0 Å². The van der Waals surface area contributed by atoms with Gasteiger partial charge in [0.15, 0.2) is 22.4 Å². The van der Waals surface area contributed by atoms with Crippen LogP contribution in [0.2, 0.25) is 64.5 Å². The molecule has 46 heavy (non-hydrogen) atoms. The lowest BCUT2D eigenvalue weighted by atomic mass is 10.0. The topological polar surface area (TPSA) is 151 Å². The maximum absolute atomic E-state index is 13.4. The van der Waals surface area contributed by atoms with Gasteiger partial charge in [-0.25, -0.2) is 9.59 Å². The van der Waals surface area contributed by atoms with Crippen molar-refractivity contribution < 1.29 is 37.6 Å². The first-order valence-electron chi connectivity index (χ1n) is 15.7. The Hall–Kier alpha value is -2.73. The van der Waals surface area contributed by atoms with Crippen LogP contribution in [-0.2, 0) is 8.23 Å². The fourth-order valence-electron chi connectivity index (χ4n) is 5.80. The zero-order valence-electron chi connectivity index (χ0n) is 29.1. The van der Waals surface area contributed by atoms with Gasteiger partial charge in [0.05, 0.1) is 16.7 Å². The summed E-state index contributed by atoms with van der Waals surface area (Å²) in [7, 11) is -7.20. The first-order valence-corrected chi connectivity index (χ1v) is 27.8. The van der Waals surface area contributed by atoms with Crippen LogP contribution < -0.4 is 21.0 Å². The highest BCUT2D eigenvalue weighted by Crippen LogP contribution is 2.24. The summed E-state index contributed by atoms with van der Waals surface area (Å²) in [5.41, 5.74) is 0.0857. The molecule has 0 fully saturated rings. The Kier molecular flexibility index (Phi) is 13.6. The van der Waals surface area contributed by atoms with E-state index in [9.17, 15) is 29.4 Å². The van der Waals surface area contributed by atoms with E-state index in [1.54, 1.807) is 24.3 Å². The highest BCUT2D eigenvalue weighted by atomic mass is 28.4. The van der Waals surface area contributed by atoms with Crippen LogP contribution in [0.1, 0.15) is 61.2 Å². The van der Waals surface area contributed by atoms with Gasteiger partial charge in [0, 0.05) is 12.1 Å². The molecule has 14 heteroatoms. The summed E-state index contributed by atoms with van der Waals surface area (Å²) in [5.74, 6) is -3.14. The van der Waals surface area contributed by atoms with Crippen molar-refractivity contribution >= 4 is 67.3 Å². The molecule has 2 aromatic carbocycles. The number of rotatable bonds is 18. The zero-order valence-corrected chi connectivity index (χ0v) is 33.1. The van der Waals surface area contributed by atoms with Gasteiger partial charge in [-0.2, -0.15) is 0 Å². The van der Waals surface area contributed by atoms with E-state index in [1.807, 2.05) is 33.2 Å². The van der Waals surface area contributed by atoms with E-state index in [4.69, 9.17) is 8.23 Å². The van der Waals surface area contributed by atoms with Crippen LogP contribution in [0.25, 0.3) is 0 Å². The molecule has 1 amide bonds. The summed E-state index contributed by atoms with van der Waals surface area (Å²) in [4.78, 5) is 49.3. The van der Waals surface area contributed by atoms with Gasteiger partial charge in [-0.3, -0.25) is 9.59 Å². The van der Waals surface area contributed by atoms with Crippen LogP contribution >= 0.6 is 0 Å². The molecule has 0 saturated carbocycles. The SMILES string of the molecule is CNCCC[Si](C)(C)O[Si](C)(C)CCCNC(=O)c1cc([Si](C)(C)O[Si](C)(C)c2ccc(C(=O)O)c(C(C)=O)c2)ccc1C(=O)O. The van der Waals surface area contributed by atoms with Gasteiger partial charge in [-0.1, -0.05) is 12.1 Å². The molecule has 0 unspecified atom stereocenters. The summed E-state index contributed by atoms with van der Waals surface area (Å²) < 4.78 is 13.5. The lowest BCUT2D eigenvalue weighted by Gasteiger charge is -2.35. The Balaban J connectivity index is 2.21. The minimum Gasteiger partial charge on any atom is -0.478 e. The summed E-state index contributed by atoms with van der Waals surface area (Å²) >= 11 is 0. The summed E-state index contributed by atoms with van der Waals surface area (Å²) in [6, 6.07) is 11.5. The molecule has 0 aliphatic rings. The number of carboxylic acid groups (broad SMARTS) is 2. The standard InChI is InChI=1S/C32H52N2O8Si4/c1-23(35)28-21-24(13-15-26(28)31(37)38)45(7,8)42-46(9,10)25-14-16-27(32(39)40)29(22-25)30(36)34-18-12-20-44(5,6)41-43(3,4)19-11-17-33-2/h13-16,21-22,33H,11-12,17-20H2,1-10H3,(H,34,36)(H,37,38)(H,39,40). The lowest BCUT2D eigenvalue weighted by molar-refractivity contribution is 0.0683. The van der Waals surface area contributed by atoms with Crippen molar-refractivity contribution in [3.63, 3.8) is 0 Å². The molecule has 0 spiro atoms. The summed E-state index contributed by atoms with van der Waals surface area (Å²) in [6.45, 7) is 19.6. The van der Waals surface area contributed by atoms with Crippen LogP contribution in [-0.4, -0.2) is 87.2 Å². The number of benzene rings is 2.